The molecule has 0 bridgehead atoms. The van der Waals surface area contributed by atoms with Crippen LogP contribution in [0.2, 0.25) is 0 Å². The number of carbonyl (C=O) groups is 2. The average Bonchev–Trinajstić information content (AvgIpc) is 2.89. The molecule has 23 heavy (non-hydrogen) atoms. The molecule has 2 aromatic heterocycles. The van der Waals surface area contributed by atoms with Crippen molar-refractivity contribution < 1.29 is 19.4 Å². The Hall–Kier alpha value is -2.71. The summed E-state index contributed by atoms with van der Waals surface area (Å²) in [5, 5.41) is 17.2. The van der Waals surface area contributed by atoms with E-state index in [4.69, 9.17) is 0 Å². The van der Waals surface area contributed by atoms with Gasteiger partial charge in [0, 0.05) is 6.54 Å². The zero-order chi connectivity index (χ0) is 16.4. The lowest BCUT2D eigenvalue weighted by atomic mass is 9.69. The van der Waals surface area contributed by atoms with Crippen LogP contribution in [0, 0.1) is 5.41 Å². The highest BCUT2D eigenvalue weighted by Gasteiger charge is 2.44. The van der Waals surface area contributed by atoms with Gasteiger partial charge in [0.15, 0.2) is 5.65 Å². The molecule has 3 rings (SSSR count). The van der Waals surface area contributed by atoms with Crippen LogP contribution < -0.4 is 5.32 Å². The van der Waals surface area contributed by atoms with E-state index in [0.717, 1.165) is 6.42 Å². The van der Waals surface area contributed by atoms with Crippen molar-refractivity contribution in [3.8, 4) is 0 Å². The highest BCUT2D eigenvalue weighted by molar-refractivity contribution is 5.87. The Morgan fingerprint density at radius 3 is 2.83 bits per heavy atom. The zero-order valence-corrected chi connectivity index (χ0v) is 12.7. The number of hydrogen-bond acceptors (Lipinski definition) is 7. The van der Waals surface area contributed by atoms with Crippen molar-refractivity contribution in [1.82, 2.24) is 19.7 Å². The predicted octanol–water partition coefficient (Wildman–Crippen LogP) is 0.666. The monoisotopic (exact) mass is 319 g/mol. The number of nitrogens with zero attached hydrogens (tertiary/aromatic N) is 4. The Balaban J connectivity index is 1.82. The van der Waals surface area contributed by atoms with Crippen LogP contribution in [-0.4, -0.2) is 50.4 Å². The first-order valence-corrected chi connectivity index (χ1v) is 7.26. The van der Waals surface area contributed by atoms with Gasteiger partial charge in [-0.15, -0.1) is 0 Å². The SMILES string of the molecule is COC(=O)Cn1ncc2c(NCC3(C(=O)O)CCC3)ncnc21. The first-order valence-electron chi connectivity index (χ1n) is 7.26. The number of nitrogens with one attached hydrogen (secondary N) is 1. The van der Waals surface area contributed by atoms with Gasteiger partial charge in [-0.3, -0.25) is 9.59 Å². The molecule has 0 unspecified atom stereocenters. The first-order chi connectivity index (χ1) is 11.1. The maximum Gasteiger partial charge on any atom is 0.327 e. The smallest absolute Gasteiger partial charge is 0.327 e. The number of carboxylic acids is 1. The highest BCUT2D eigenvalue weighted by atomic mass is 16.5. The summed E-state index contributed by atoms with van der Waals surface area (Å²) in [5.41, 5.74) is -0.231. The Morgan fingerprint density at radius 2 is 2.22 bits per heavy atom. The highest BCUT2D eigenvalue weighted by Crippen LogP contribution is 2.41. The summed E-state index contributed by atoms with van der Waals surface area (Å²) >= 11 is 0. The average molecular weight is 319 g/mol. The lowest BCUT2D eigenvalue weighted by molar-refractivity contribution is -0.153. The number of aromatic nitrogens is 4. The van der Waals surface area contributed by atoms with Crippen LogP contribution in [0.25, 0.3) is 11.0 Å². The summed E-state index contributed by atoms with van der Waals surface area (Å²) in [4.78, 5) is 31.1. The third-order valence-corrected chi connectivity index (χ3v) is 4.30. The third kappa shape index (κ3) is 2.69. The number of methoxy groups -OCH3 is 1. The Bertz CT molecular complexity index is 753. The van der Waals surface area contributed by atoms with Gasteiger partial charge in [-0.2, -0.15) is 5.10 Å². The fourth-order valence-electron chi connectivity index (χ4n) is 2.66. The van der Waals surface area contributed by atoms with Gasteiger partial charge in [0.2, 0.25) is 0 Å². The van der Waals surface area contributed by atoms with Crippen molar-refractivity contribution in [1.29, 1.82) is 0 Å². The first kappa shape index (κ1) is 15.2. The maximum absolute atomic E-state index is 11.4. The minimum Gasteiger partial charge on any atom is -0.481 e. The van der Waals surface area contributed by atoms with Crippen molar-refractivity contribution in [2.75, 3.05) is 19.0 Å². The molecule has 0 atom stereocenters. The molecule has 9 heteroatoms. The fourth-order valence-corrected chi connectivity index (χ4v) is 2.66. The molecular weight excluding hydrogens is 302 g/mol. The molecule has 1 aliphatic carbocycles. The summed E-state index contributed by atoms with van der Waals surface area (Å²) in [5.74, 6) is -0.705. The predicted molar refractivity (Wildman–Crippen MR) is 79.7 cm³/mol. The standard InChI is InChI=1S/C14H17N5O4/c1-23-10(20)6-19-12-9(5-18-19)11(16-8-17-12)15-7-14(13(21)22)3-2-4-14/h5,8H,2-4,6-7H2,1H3,(H,21,22)(H,15,16,17). The number of carbonyl (C=O) groups excluding carboxylic acids is 1. The summed E-state index contributed by atoms with van der Waals surface area (Å²) in [6.45, 7) is 0.256. The summed E-state index contributed by atoms with van der Waals surface area (Å²) < 4.78 is 6.04. The van der Waals surface area contributed by atoms with Crippen LogP contribution >= 0.6 is 0 Å². The molecule has 2 N–H and O–H groups in total. The molecule has 2 aromatic rings. The van der Waals surface area contributed by atoms with Gasteiger partial charge in [0.05, 0.1) is 24.1 Å². The van der Waals surface area contributed by atoms with Crippen molar-refractivity contribution in [2.45, 2.75) is 25.8 Å². The van der Waals surface area contributed by atoms with E-state index in [9.17, 15) is 14.7 Å². The van der Waals surface area contributed by atoms with Crippen molar-refractivity contribution in [3.05, 3.63) is 12.5 Å². The zero-order valence-electron chi connectivity index (χ0n) is 12.7. The van der Waals surface area contributed by atoms with Gasteiger partial charge >= 0.3 is 11.9 Å². The Morgan fingerprint density at radius 1 is 1.43 bits per heavy atom. The van der Waals surface area contributed by atoms with Gasteiger partial charge < -0.3 is 15.2 Å². The minimum absolute atomic E-state index is 0.0461. The van der Waals surface area contributed by atoms with Crippen LogP contribution in [0.4, 0.5) is 5.82 Å². The quantitative estimate of drug-likeness (QED) is 0.745. The molecule has 9 nitrogen and oxygen atoms in total. The maximum atomic E-state index is 11.4. The molecular formula is C14H17N5O4. The molecule has 0 aliphatic heterocycles. The molecule has 122 valence electrons. The fraction of sp³-hybridized carbons (Fsp3) is 0.500. The molecule has 2 heterocycles. The number of fused-ring (bicyclic) bond motifs is 1. The van der Waals surface area contributed by atoms with E-state index in [1.807, 2.05) is 0 Å². The second-order valence-electron chi connectivity index (χ2n) is 5.63. The van der Waals surface area contributed by atoms with E-state index in [2.05, 4.69) is 25.1 Å². The number of hydrogen-bond donors (Lipinski definition) is 2. The van der Waals surface area contributed by atoms with E-state index in [-0.39, 0.29) is 6.54 Å². The topological polar surface area (TPSA) is 119 Å². The van der Waals surface area contributed by atoms with E-state index in [1.54, 1.807) is 6.20 Å². The molecule has 0 spiro atoms. The number of ether oxygens (including phenoxy) is 1. The van der Waals surface area contributed by atoms with Crippen molar-refractivity contribution in [3.63, 3.8) is 0 Å². The number of carboxylic acid groups (broad SMARTS) is 1. The minimum atomic E-state index is -0.789. The Kier molecular flexibility index (Phi) is 3.85. The van der Waals surface area contributed by atoms with Gasteiger partial charge in [-0.1, -0.05) is 6.42 Å². The van der Waals surface area contributed by atoms with E-state index >= 15 is 0 Å². The van der Waals surface area contributed by atoms with E-state index < -0.39 is 17.4 Å². The molecule has 0 amide bonds. The lowest BCUT2D eigenvalue weighted by Gasteiger charge is -2.37. The molecule has 0 saturated heterocycles. The number of anilines is 1. The van der Waals surface area contributed by atoms with E-state index in [0.29, 0.717) is 36.2 Å². The van der Waals surface area contributed by atoms with E-state index in [1.165, 1.54) is 18.1 Å². The van der Waals surface area contributed by atoms with Crippen LogP contribution in [-0.2, 0) is 20.9 Å². The van der Waals surface area contributed by atoms with Crippen molar-refractivity contribution >= 4 is 28.8 Å². The van der Waals surface area contributed by atoms with Crippen LogP contribution in [0.1, 0.15) is 19.3 Å². The molecule has 0 aromatic carbocycles. The van der Waals surface area contributed by atoms with Crippen LogP contribution in [0.3, 0.4) is 0 Å². The van der Waals surface area contributed by atoms with Crippen molar-refractivity contribution in [2.24, 2.45) is 5.41 Å². The van der Waals surface area contributed by atoms with Gasteiger partial charge in [-0.05, 0) is 12.8 Å². The molecule has 1 saturated carbocycles. The second-order valence-corrected chi connectivity index (χ2v) is 5.63. The second kappa shape index (κ2) is 5.82. The normalized spacial score (nSPS) is 15.9. The number of esters is 1. The Labute approximate surface area is 131 Å². The molecule has 0 radical (unpaired) electrons. The van der Waals surface area contributed by atoms with Gasteiger partial charge in [-0.25, -0.2) is 14.6 Å². The third-order valence-electron chi connectivity index (χ3n) is 4.30. The van der Waals surface area contributed by atoms with Crippen LogP contribution in [0.15, 0.2) is 12.5 Å². The largest absolute Gasteiger partial charge is 0.481 e. The summed E-state index contributed by atoms with van der Waals surface area (Å²) in [6, 6.07) is 0. The number of aliphatic carboxylic acids is 1. The summed E-state index contributed by atoms with van der Waals surface area (Å²) in [6.07, 6.45) is 5.14. The number of rotatable bonds is 6. The lowest BCUT2D eigenvalue weighted by Crippen LogP contribution is -2.43. The summed E-state index contributed by atoms with van der Waals surface area (Å²) in [7, 11) is 1.31. The molecule has 1 fully saturated rings. The van der Waals surface area contributed by atoms with Gasteiger partial charge in [0.1, 0.15) is 18.7 Å². The van der Waals surface area contributed by atoms with Crippen LogP contribution in [0.5, 0.6) is 0 Å². The molecule has 1 aliphatic rings. The van der Waals surface area contributed by atoms with Gasteiger partial charge in [0.25, 0.3) is 0 Å².